The third-order valence-electron chi connectivity index (χ3n) is 4.34. The molecule has 0 radical (unpaired) electrons. The first-order valence-electron chi connectivity index (χ1n) is 8.37. The number of carbonyl (C=O) groups excluding carboxylic acids is 2. The Balaban J connectivity index is 1.77. The van der Waals surface area contributed by atoms with Crippen molar-refractivity contribution in [3.8, 4) is 5.75 Å². The fourth-order valence-corrected chi connectivity index (χ4v) is 2.79. The molecule has 1 aromatic heterocycles. The summed E-state index contributed by atoms with van der Waals surface area (Å²) in [4.78, 5) is 30.2. The summed E-state index contributed by atoms with van der Waals surface area (Å²) in [5.41, 5.74) is 1.87. The van der Waals surface area contributed by atoms with Crippen LogP contribution in [0.25, 0.3) is 0 Å². The Morgan fingerprint density at radius 2 is 2.12 bits per heavy atom. The molecule has 3 rings (SSSR count). The van der Waals surface area contributed by atoms with E-state index >= 15 is 0 Å². The molecule has 2 heterocycles. The Morgan fingerprint density at radius 3 is 2.92 bits per heavy atom. The van der Waals surface area contributed by atoms with E-state index in [1.54, 1.807) is 18.3 Å². The van der Waals surface area contributed by atoms with E-state index in [1.807, 2.05) is 24.3 Å². The Bertz CT molecular complexity index is 791. The Kier molecular flexibility index (Phi) is 4.97. The number of pyridine rings is 1. The van der Waals surface area contributed by atoms with Crippen LogP contribution in [-0.4, -0.2) is 29.9 Å². The Labute approximate surface area is 146 Å². The fraction of sp³-hybridized carbons (Fsp3) is 0.316. The summed E-state index contributed by atoms with van der Waals surface area (Å²) in [6.45, 7) is 4.05. The predicted octanol–water partition coefficient (Wildman–Crippen LogP) is 2.96. The SMILES string of the molecule is CCC(C)c1ccccc1NC(=O)CN1C(=O)COc2cccnc21. The number of carbonyl (C=O) groups is 2. The van der Waals surface area contributed by atoms with Gasteiger partial charge >= 0.3 is 0 Å². The summed E-state index contributed by atoms with van der Waals surface area (Å²) in [5.74, 6) is 0.682. The number of benzene rings is 1. The number of aromatic nitrogens is 1. The van der Waals surface area contributed by atoms with Crippen molar-refractivity contribution in [3.63, 3.8) is 0 Å². The lowest BCUT2D eigenvalue weighted by molar-refractivity contribution is -0.123. The summed E-state index contributed by atoms with van der Waals surface area (Å²) in [5, 5.41) is 2.92. The van der Waals surface area contributed by atoms with E-state index < -0.39 is 0 Å². The van der Waals surface area contributed by atoms with E-state index in [9.17, 15) is 9.59 Å². The summed E-state index contributed by atoms with van der Waals surface area (Å²) in [7, 11) is 0. The second-order valence-corrected chi connectivity index (χ2v) is 6.04. The van der Waals surface area contributed by atoms with Crippen LogP contribution in [0.2, 0.25) is 0 Å². The number of ether oxygens (including phenoxy) is 1. The first-order chi connectivity index (χ1) is 12.1. The van der Waals surface area contributed by atoms with Crippen LogP contribution in [-0.2, 0) is 9.59 Å². The van der Waals surface area contributed by atoms with Crippen molar-refractivity contribution in [2.75, 3.05) is 23.4 Å². The average Bonchev–Trinajstić information content (AvgIpc) is 2.64. The molecule has 0 spiro atoms. The number of hydrogen-bond donors (Lipinski definition) is 1. The molecule has 0 fully saturated rings. The van der Waals surface area contributed by atoms with E-state index in [4.69, 9.17) is 4.74 Å². The van der Waals surface area contributed by atoms with Crippen molar-refractivity contribution in [2.45, 2.75) is 26.2 Å². The molecule has 6 heteroatoms. The van der Waals surface area contributed by atoms with Crippen molar-refractivity contribution in [1.29, 1.82) is 0 Å². The maximum Gasteiger partial charge on any atom is 0.266 e. The largest absolute Gasteiger partial charge is 0.480 e. The molecule has 2 amide bonds. The van der Waals surface area contributed by atoms with Gasteiger partial charge in [0.1, 0.15) is 6.54 Å². The maximum atomic E-state index is 12.5. The molecular weight excluding hydrogens is 318 g/mol. The average molecular weight is 339 g/mol. The van der Waals surface area contributed by atoms with Crippen LogP contribution in [0, 0.1) is 0 Å². The molecule has 1 atom stereocenters. The second kappa shape index (κ2) is 7.34. The first-order valence-corrected chi connectivity index (χ1v) is 8.37. The first kappa shape index (κ1) is 17.0. The minimum absolute atomic E-state index is 0.0879. The van der Waals surface area contributed by atoms with Gasteiger partial charge in [-0.05, 0) is 36.1 Å². The topological polar surface area (TPSA) is 71.5 Å². The summed E-state index contributed by atoms with van der Waals surface area (Å²) in [6.07, 6.45) is 2.55. The van der Waals surface area contributed by atoms with E-state index in [2.05, 4.69) is 24.1 Å². The molecule has 0 aliphatic carbocycles. The third-order valence-corrected chi connectivity index (χ3v) is 4.34. The highest BCUT2D eigenvalue weighted by atomic mass is 16.5. The van der Waals surface area contributed by atoms with Crippen molar-refractivity contribution in [3.05, 3.63) is 48.2 Å². The van der Waals surface area contributed by atoms with Crippen LogP contribution in [0.4, 0.5) is 11.5 Å². The normalized spacial score (nSPS) is 14.5. The van der Waals surface area contributed by atoms with Gasteiger partial charge < -0.3 is 10.1 Å². The molecule has 0 bridgehead atoms. The third kappa shape index (κ3) is 3.63. The minimum atomic E-state index is -0.281. The number of amides is 2. The van der Waals surface area contributed by atoms with Gasteiger partial charge in [-0.2, -0.15) is 0 Å². The van der Waals surface area contributed by atoms with E-state index in [0.29, 0.717) is 17.5 Å². The molecule has 6 nitrogen and oxygen atoms in total. The smallest absolute Gasteiger partial charge is 0.266 e. The highest BCUT2D eigenvalue weighted by Gasteiger charge is 2.28. The van der Waals surface area contributed by atoms with Gasteiger partial charge in [-0.15, -0.1) is 0 Å². The number of anilines is 2. The van der Waals surface area contributed by atoms with Crippen LogP contribution in [0.5, 0.6) is 5.75 Å². The summed E-state index contributed by atoms with van der Waals surface area (Å²) < 4.78 is 5.35. The molecule has 0 saturated heterocycles. The lowest BCUT2D eigenvalue weighted by Crippen LogP contribution is -2.44. The van der Waals surface area contributed by atoms with Gasteiger partial charge in [-0.25, -0.2) is 4.98 Å². The molecule has 1 aliphatic heterocycles. The van der Waals surface area contributed by atoms with Crippen LogP contribution in [0.1, 0.15) is 31.7 Å². The number of nitrogens with zero attached hydrogens (tertiary/aromatic N) is 2. The van der Waals surface area contributed by atoms with E-state index in [-0.39, 0.29) is 25.0 Å². The van der Waals surface area contributed by atoms with Gasteiger partial charge in [0.25, 0.3) is 5.91 Å². The van der Waals surface area contributed by atoms with E-state index in [0.717, 1.165) is 17.7 Å². The standard InChI is InChI=1S/C19H21N3O3/c1-3-13(2)14-7-4-5-8-15(14)21-17(23)11-22-18(24)12-25-16-9-6-10-20-19(16)22/h4-10,13H,3,11-12H2,1-2H3,(H,21,23). The summed E-state index contributed by atoms with van der Waals surface area (Å²) >= 11 is 0. The highest BCUT2D eigenvalue weighted by molar-refractivity contribution is 6.04. The van der Waals surface area contributed by atoms with Gasteiger partial charge in [-0.3, -0.25) is 14.5 Å². The van der Waals surface area contributed by atoms with Crippen LogP contribution < -0.4 is 15.0 Å². The number of rotatable bonds is 5. The number of hydrogen-bond acceptors (Lipinski definition) is 4. The number of para-hydroxylation sites is 1. The van der Waals surface area contributed by atoms with Gasteiger partial charge in [0.2, 0.25) is 5.91 Å². The van der Waals surface area contributed by atoms with Gasteiger partial charge in [0.15, 0.2) is 18.2 Å². The van der Waals surface area contributed by atoms with Crippen molar-refractivity contribution in [1.82, 2.24) is 4.98 Å². The lowest BCUT2D eigenvalue weighted by Gasteiger charge is -2.27. The molecule has 130 valence electrons. The number of fused-ring (bicyclic) bond motifs is 1. The molecule has 1 N–H and O–H groups in total. The minimum Gasteiger partial charge on any atom is -0.480 e. The van der Waals surface area contributed by atoms with Gasteiger partial charge in [0, 0.05) is 11.9 Å². The molecule has 1 aliphatic rings. The summed E-state index contributed by atoms with van der Waals surface area (Å²) in [6, 6.07) is 11.2. The maximum absolute atomic E-state index is 12.5. The zero-order chi connectivity index (χ0) is 17.8. The quantitative estimate of drug-likeness (QED) is 0.909. The van der Waals surface area contributed by atoms with E-state index in [1.165, 1.54) is 4.90 Å². The second-order valence-electron chi connectivity index (χ2n) is 6.04. The Morgan fingerprint density at radius 1 is 1.32 bits per heavy atom. The fourth-order valence-electron chi connectivity index (χ4n) is 2.79. The number of nitrogens with one attached hydrogen (secondary N) is 1. The predicted molar refractivity (Wildman–Crippen MR) is 95.9 cm³/mol. The molecule has 2 aromatic rings. The monoisotopic (exact) mass is 339 g/mol. The Hall–Kier alpha value is -2.89. The zero-order valence-electron chi connectivity index (χ0n) is 14.4. The molecule has 25 heavy (non-hydrogen) atoms. The molecule has 1 aromatic carbocycles. The van der Waals surface area contributed by atoms with Gasteiger partial charge in [0.05, 0.1) is 0 Å². The highest BCUT2D eigenvalue weighted by Crippen LogP contribution is 2.29. The van der Waals surface area contributed by atoms with Gasteiger partial charge in [-0.1, -0.05) is 32.0 Å². The molecule has 1 unspecified atom stereocenters. The van der Waals surface area contributed by atoms with Crippen LogP contribution in [0.3, 0.4) is 0 Å². The van der Waals surface area contributed by atoms with Crippen LogP contribution >= 0.6 is 0 Å². The van der Waals surface area contributed by atoms with Crippen molar-refractivity contribution < 1.29 is 14.3 Å². The molecular formula is C19H21N3O3. The molecule has 0 saturated carbocycles. The van der Waals surface area contributed by atoms with Crippen molar-refractivity contribution >= 4 is 23.3 Å². The van der Waals surface area contributed by atoms with Crippen molar-refractivity contribution in [2.24, 2.45) is 0 Å². The lowest BCUT2D eigenvalue weighted by atomic mass is 9.97. The van der Waals surface area contributed by atoms with Crippen LogP contribution in [0.15, 0.2) is 42.6 Å². The zero-order valence-corrected chi connectivity index (χ0v) is 14.4.